The third-order valence-electron chi connectivity index (χ3n) is 4.89. The van der Waals surface area contributed by atoms with Crippen LogP contribution in [0.4, 0.5) is 13.6 Å². The summed E-state index contributed by atoms with van der Waals surface area (Å²) >= 11 is 1.60. The fraction of sp³-hybridized carbons (Fsp3) is 0.300. The van der Waals surface area contributed by atoms with Crippen molar-refractivity contribution in [1.29, 1.82) is 0 Å². The van der Waals surface area contributed by atoms with Crippen LogP contribution in [0, 0.1) is 11.6 Å². The number of carbonyl (C=O) groups is 1. The van der Waals surface area contributed by atoms with E-state index in [9.17, 15) is 13.6 Å². The van der Waals surface area contributed by atoms with Gasteiger partial charge in [0.25, 0.3) is 0 Å². The number of urea groups is 1. The number of carbonyl (C=O) groups excluding carboxylic acids is 1. The molecule has 4 rings (SSSR count). The lowest BCUT2D eigenvalue weighted by Crippen LogP contribution is -2.45. The van der Waals surface area contributed by atoms with E-state index in [2.05, 4.69) is 15.3 Å². The second kappa shape index (κ2) is 7.79. The van der Waals surface area contributed by atoms with Crippen molar-refractivity contribution >= 4 is 17.8 Å². The molecule has 3 heterocycles. The van der Waals surface area contributed by atoms with Crippen molar-refractivity contribution in [1.82, 2.24) is 19.7 Å². The van der Waals surface area contributed by atoms with E-state index < -0.39 is 11.6 Å². The summed E-state index contributed by atoms with van der Waals surface area (Å²) in [5.41, 5.74) is 2.47. The number of hydrogen-bond donors (Lipinski definition) is 0. The first-order valence-corrected chi connectivity index (χ1v) is 9.95. The minimum atomic E-state index is -0.895. The fourth-order valence-corrected chi connectivity index (χ4v) is 4.58. The van der Waals surface area contributed by atoms with Gasteiger partial charge in [-0.05, 0) is 42.2 Å². The SMILES string of the molecule is CC1=CSC(N2CCN(Cc3ccc(F)c(F)c3)C2=O)N1Cc1ccccn1. The molecule has 1 atom stereocenters. The van der Waals surface area contributed by atoms with Crippen LogP contribution in [0.1, 0.15) is 18.2 Å². The Hall–Kier alpha value is -2.61. The van der Waals surface area contributed by atoms with Crippen LogP contribution in [-0.2, 0) is 13.1 Å². The van der Waals surface area contributed by atoms with Gasteiger partial charge in [-0.25, -0.2) is 13.6 Å². The molecule has 0 aliphatic carbocycles. The van der Waals surface area contributed by atoms with Crippen LogP contribution in [0.25, 0.3) is 0 Å². The highest BCUT2D eigenvalue weighted by Gasteiger charge is 2.39. The molecule has 0 bridgehead atoms. The number of aromatic nitrogens is 1. The lowest BCUT2D eigenvalue weighted by molar-refractivity contribution is 0.148. The maximum atomic E-state index is 13.5. The fourth-order valence-electron chi connectivity index (χ4n) is 3.40. The molecule has 1 saturated heterocycles. The molecule has 146 valence electrons. The normalized spacial score (nSPS) is 19.5. The van der Waals surface area contributed by atoms with Crippen molar-refractivity contribution in [3.8, 4) is 0 Å². The minimum absolute atomic E-state index is 0.101. The average Bonchev–Trinajstić information content (AvgIpc) is 3.22. The number of allylic oxidation sites excluding steroid dienone is 1. The van der Waals surface area contributed by atoms with Gasteiger partial charge in [-0.3, -0.25) is 9.88 Å². The van der Waals surface area contributed by atoms with Crippen molar-refractivity contribution in [3.05, 3.63) is 76.6 Å². The van der Waals surface area contributed by atoms with Gasteiger partial charge in [0.2, 0.25) is 0 Å². The third kappa shape index (κ3) is 3.69. The van der Waals surface area contributed by atoms with E-state index in [0.29, 0.717) is 25.2 Å². The van der Waals surface area contributed by atoms with E-state index >= 15 is 0 Å². The highest BCUT2D eigenvalue weighted by atomic mass is 32.2. The third-order valence-corrected chi connectivity index (χ3v) is 6.12. The summed E-state index contributed by atoms with van der Waals surface area (Å²) in [7, 11) is 0. The Bertz CT molecular complexity index is 908. The molecular formula is C20H20F2N4OS. The topological polar surface area (TPSA) is 39.7 Å². The second-order valence-electron chi connectivity index (χ2n) is 6.82. The molecule has 2 amide bonds. The Morgan fingerprint density at radius 3 is 2.75 bits per heavy atom. The van der Waals surface area contributed by atoms with E-state index in [1.807, 2.05) is 30.0 Å². The highest BCUT2D eigenvalue weighted by molar-refractivity contribution is 8.02. The van der Waals surface area contributed by atoms with Crippen LogP contribution >= 0.6 is 11.8 Å². The van der Waals surface area contributed by atoms with Gasteiger partial charge >= 0.3 is 6.03 Å². The Morgan fingerprint density at radius 1 is 1.14 bits per heavy atom. The van der Waals surface area contributed by atoms with Crippen LogP contribution < -0.4 is 0 Å². The quantitative estimate of drug-likeness (QED) is 0.758. The molecule has 2 aromatic rings. The highest BCUT2D eigenvalue weighted by Crippen LogP contribution is 2.36. The number of nitrogens with zero attached hydrogens (tertiary/aromatic N) is 4. The number of hydrogen-bond acceptors (Lipinski definition) is 4. The molecule has 0 radical (unpaired) electrons. The summed E-state index contributed by atoms with van der Waals surface area (Å²) in [5, 5.41) is 2.05. The van der Waals surface area contributed by atoms with Gasteiger partial charge in [-0.15, -0.1) is 0 Å². The maximum absolute atomic E-state index is 13.5. The van der Waals surface area contributed by atoms with Crippen LogP contribution in [0.3, 0.4) is 0 Å². The molecular weight excluding hydrogens is 382 g/mol. The minimum Gasteiger partial charge on any atom is -0.340 e. The summed E-state index contributed by atoms with van der Waals surface area (Å²) < 4.78 is 26.6. The monoisotopic (exact) mass is 402 g/mol. The van der Waals surface area contributed by atoms with Gasteiger partial charge in [-0.1, -0.05) is 23.9 Å². The Balaban J connectivity index is 1.45. The average molecular weight is 402 g/mol. The molecule has 0 spiro atoms. The van der Waals surface area contributed by atoms with Crippen molar-refractivity contribution < 1.29 is 13.6 Å². The first-order valence-electron chi connectivity index (χ1n) is 9.01. The molecule has 0 saturated carbocycles. The van der Waals surface area contributed by atoms with E-state index in [4.69, 9.17) is 0 Å². The molecule has 1 aromatic heterocycles. The Morgan fingerprint density at radius 2 is 2.00 bits per heavy atom. The van der Waals surface area contributed by atoms with E-state index in [1.54, 1.807) is 22.9 Å². The molecule has 28 heavy (non-hydrogen) atoms. The van der Waals surface area contributed by atoms with Gasteiger partial charge in [0.05, 0.1) is 12.2 Å². The number of halogens is 2. The predicted molar refractivity (Wildman–Crippen MR) is 104 cm³/mol. The Kier molecular flexibility index (Phi) is 5.21. The van der Waals surface area contributed by atoms with Crippen LogP contribution in [0.2, 0.25) is 0 Å². The van der Waals surface area contributed by atoms with Crippen molar-refractivity contribution in [2.45, 2.75) is 25.5 Å². The summed E-state index contributed by atoms with van der Waals surface area (Å²) in [6.07, 6.45) is 1.76. The van der Waals surface area contributed by atoms with Crippen LogP contribution in [0.15, 0.2) is 53.7 Å². The van der Waals surface area contributed by atoms with Crippen molar-refractivity contribution in [3.63, 3.8) is 0 Å². The van der Waals surface area contributed by atoms with Crippen LogP contribution in [-0.4, -0.2) is 44.3 Å². The molecule has 2 aliphatic rings. The first kappa shape index (κ1) is 18.7. The van der Waals surface area contributed by atoms with E-state index in [-0.39, 0.29) is 18.1 Å². The van der Waals surface area contributed by atoms with Gasteiger partial charge in [0, 0.05) is 31.5 Å². The molecule has 1 unspecified atom stereocenters. The number of thioether (sulfide) groups is 1. The standard InChI is InChI=1S/C20H20F2N4OS/c1-14-13-28-20(26(14)12-16-4-2-3-7-23-16)25-9-8-24(19(25)27)11-15-5-6-17(21)18(22)10-15/h2-7,10,13,20H,8-9,11-12H2,1H3. The van der Waals surface area contributed by atoms with Crippen molar-refractivity contribution in [2.24, 2.45) is 0 Å². The maximum Gasteiger partial charge on any atom is 0.322 e. The van der Waals surface area contributed by atoms with Gasteiger partial charge in [0.15, 0.2) is 17.1 Å². The molecule has 2 aliphatic heterocycles. The summed E-state index contributed by atoms with van der Waals surface area (Å²) in [5.74, 6) is -1.78. The van der Waals surface area contributed by atoms with E-state index in [1.165, 1.54) is 6.07 Å². The number of pyridine rings is 1. The zero-order valence-electron chi connectivity index (χ0n) is 15.4. The van der Waals surface area contributed by atoms with Gasteiger partial charge in [0.1, 0.15) is 0 Å². The number of benzene rings is 1. The molecule has 1 fully saturated rings. The lowest BCUT2D eigenvalue weighted by Gasteiger charge is -2.33. The Labute approximate surface area is 166 Å². The molecule has 1 aromatic carbocycles. The first-order chi connectivity index (χ1) is 13.5. The zero-order chi connectivity index (χ0) is 19.7. The smallest absolute Gasteiger partial charge is 0.322 e. The second-order valence-corrected chi connectivity index (χ2v) is 7.75. The largest absolute Gasteiger partial charge is 0.340 e. The number of amides is 2. The molecule has 5 nitrogen and oxygen atoms in total. The van der Waals surface area contributed by atoms with Crippen LogP contribution in [0.5, 0.6) is 0 Å². The van der Waals surface area contributed by atoms with E-state index in [0.717, 1.165) is 23.5 Å². The predicted octanol–water partition coefficient (Wildman–Crippen LogP) is 3.99. The summed E-state index contributed by atoms with van der Waals surface area (Å²) in [6.45, 7) is 4.03. The summed E-state index contributed by atoms with van der Waals surface area (Å²) in [4.78, 5) is 23.0. The zero-order valence-corrected chi connectivity index (χ0v) is 16.2. The van der Waals surface area contributed by atoms with Crippen molar-refractivity contribution in [2.75, 3.05) is 13.1 Å². The van der Waals surface area contributed by atoms with Gasteiger partial charge < -0.3 is 9.80 Å². The molecule has 8 heteroatoms. The van der Waals surface area contributed by atoms with Gasteiger partial charge in [-0.2, -0.15) is 0 Å². The summed E-state index contributed by atoms with van der Waals surface area (Å²) in [6, 6.07) is 9.45. The lowest BCUT2D eigenvalue weighted by atomic mass is 10.2. The number of rotatable bonds is 5. The molecule has 0 N–H and O–H groups in total.